The molecule has 0 fully saturated rings. The summed E-state index contributed by atoms with van der Waals surface area (Å²) in [4.78, 5) is 6.87. The fourth-order valence-corrected chi connectivity index (χ4v) is 0.811. The average molecular weight is 179 g/mol. The highest BCUT2D eigenvalue weighted by Crippen LogP contribution is 1.99. The minimum absolute atomic E-state index is 0.491. The van der Waals surface area contributed by atoms with Crippen molar-refractivity contribution in [2.75, 3.05) is 11.9 Å². The molecule has 0 spiro atoms. The van der Waals surface area contributed by atoms with E-state index in [2.05, 4.69) is 27.1 Å². The van der Waals surface area contributed by atoms with Gasteiger partial charge in [-0.25, -0.2) is 4.98 Å². The smallest absolute Gasteiger partial charge is 0.310 e. The van der Waals surface area contributed by atoms with Gasteiger partial charge in [0.05, 0.1) is 0 Å². The van der Waals surface area contributed by atoms with Crippen LogP contribution in [0.3, 0.4) is 0 Å². The first-order valence-corrected chi connectivity index (χ1v) is 3.95. The number of halogens is 1. The Bertz CT molecular complexity index is 327. The van der Waals surface area contributed by atoms with E-state index in [0.717, 1.165) is 6.42 Å². The molecule has 0 bridgehead atoms. The van der Waals surface area contributed by atoms with Gasteiger partial charge in [-0.2, -0.15) is 9.37 Å². The molecule has 1 rings (SSSR count). The van der Waals surface area contributed by atoms with Crippen LogP contribution in [0.4, 0.5) is 10.2 Å². The van der Waals surface area contributed by atoms with Gasteiger partial charge in [-0.05, 0) is 13.0 Å². The molecule has 0 atom stereocenters. The highest BCUT2D eigenvalue weighted by Gasteiger charge is 1.94. The van der Waals surface area contributed by atoms with Crippen LogP contribution < -0.4 is 5.32 Å². The lowest BCUT2D eigenvalue weighted by molar-refractivity contribution is 0.540. The van der Waals surface area contributed by atoms with E-state index in [1.165, 1.54) is 6.20 Å². The quantitative estimate of drug-likeness (QED) is 0.433. The van der Waals surface area contributed by atoms with Gasteiger partial charge in [0.2, 0.25) is 0 Å². The monoisotopic (exact) mass is 179 g/mol. The van der Waals surface area contributed by atoms with Crippen LogP contribution in [0.15, 0.2) is 12.3 Å². The standard InChI is InChI=1S/C9H10FN3/c1-2-3-4-6-11-8-5-7-12-9(10)13-8/h5,7H,4,6H2,1H3,(H,11,12,13). The zero-order valence-corrected chi connectivity index (χ0v) is 7.34. The molecule has 0 aliphatic rings. The molecule has 1 aromatic heterocycles. The van der Waals surface area contributed by atoms with Crippen molar-refractivity contribution < 1.29 is 4.39 Å². The number of hydrogen-bond acceptors (Lipinski definition) is 3. The molecule has 3 nitrogen and oxygen atoms in total. The lowest BCUT2D eigenvalue weighted by Gasteiger charge is -2.00. The first-order valence-electron chi connectivity index (χ1n) is 3.95. The van der Waals surface area contributed by atoms with Gasteiger partial charge in [-0.3, -0.25) is 0 Å². The summed E-state index contributed by atoms with van der Waals surface area (Å²) in [5, 5.41) is 2.93. The van der Waals surface area contributed by atoms with E-state index in [9.17, 15) is 4.39 Å². The van der Waals surface area contributed by atoms with E-state index in [4.69, 9.17) is 0 Å². The van der Waals surface area contributed by atoms with Crippen LogP contribution in [0.25, 0.3) is 0 Å². The van der Waals surface area contributed by atoms with Crippen molar-refractivity contribution in [2.45, 2.75) is 13.3 Å². The molecule has 0 aliphatic carbocycles. The molecule has 68 valence electrons. The first-order chi connectivity index (χ1) is 6.33. The molecule has 0 saturated heterocycles. The van der Waals surface area contributed by atoms with Gasteiger partial charge in [0.25, 0.3) is 0 Å². The summed E-state index contributed by atoms with van der Waals surface area (Å²) in [6.45, 7) is 2.45. The third-order valence-corrected chi connectivity index (χ3v) is 1.36. The minimum Gasteiger partial charge on any atom is -0.369 e. The van der Waals surface area contributed by atoms with Crippen molar-refractivity contribution in [1.82, 2.24) is 9.97 Å². The minimum atomic E-state index is -0.716. The van der Waals surface area contributed by atoms with E-state index in [-0.39, 0.29) is 0 Å². The lowest BCUT2D eigenvalue weighted by Crippen LogP contribution is -2.03. The Morgan fingerprint density at radius 1 is 1.62 bits per heavy atom. The molecule has 0 radical (unpaired) electrons. The molecular weight excluding hydrogens is 169 g/mol. The Hall–Kier alpha value is -1.63. The number of rotatable bonds is 3. The van der Waals surface area contributed by atoms with Crippen molar-refractivity contribution in [1.29, 1.82) is 0 Å². The van der Waals surface area contributed by atoms with E-state index in [0.29, 0.717) is 12.4 Å². The topological polar surface area (TPSA) is 37.8 Å². The van der Waals surface area contributed by atoms with Gasteiger partial charge in [-0.15, -0.1) is 11.8 Å². The molecule has 1 aromatic rings. The maximum absolute atomic E-state index is 12.5. The Kier molecular flexibility index (Phi) is 3.71. The molecule has 0 unspecified atom stereocenters. The second-order valence-corrected chi connectivity index (χ2v) is 2.31. The summed E-state index contributed by atoms with van der Waals surface area (Å²) in [6.07, 6.45) is 1.38. The molecular formula is C9H10FN3. The van der Waals surface area contributed by atoms with Crippen molar-refractivity contribution in [3.8, 4) is 11.8 Å². The second-order valence-electron chi connectivity index (χ2n) is 2.31. The predicted octanol–water partition coefficient (Wildman–Crippen LogP) is 1.44. The molecule has 4 heteroatoms. The van der Waals surface area contributed by atoms with Crippen molar-refractivity contribution >= 4 is 5.82 Å². The van der Waals surface area contributed by atoms with Gasteiger partial charge < -0.3 is 5.32 Å². The summed E-state index contributed by atoms with van der Waals surface area (Å²) < 4.78 is 12.5. The SMILES string of the molecule is CC#CCCNc1ccnc(F)n1. The molecule has 1 N–H and O–H groups in total. The maximum Gasteiger partial charge on any atom is 0.310 e. The van der Waals surface area contributed by atoms with Crippen LogP contribution in [-0.4, -0.2) is 16.5 Å². The Labute approximate surface area is 76.4 Å². The summed E-state index contributed by atoms with van der Waals surface area (Å²) in [6, 6.07) is 1.61. The normalized spacial score (nSPS) is 8.77. The van der Waals surface area contributed by atoms with Crippen molar-refractivity contribution in [3.63, 3.8) is 0 Å². The van der Waals surface area contributed by atoms with E-state index in [1.807, 2.05) is 0 Å². The number of nitrogens with one attached hydrogen (secondary N) is 1. The zero-order chi connectivity index (χ0) is 9.52. The first kappa shape index (κ1) is 9.46. The summed E-state index contributed by atoms with van der Waals surface area (Å²) >= 11 is 0. The third-order valence-electron chi connectivity index (χ3n) is 1.36. The van der Waals surface area contributed by atoms with Crippen LogP contribution in [0.5, 0.6) is 0 Å². The van der Waals surface area contributed by atoms with Crippen LogP contribution in [0.2, 0.25) is 0 Å². The van der Waals surface area contributed by atoms with Crippen LogP contribution >= 0.6 is 0 Å². The Morgan fingerprint density at radius 3 is 3.15 bits per heavy atom. The fraction of sp³-hybridized carbons (Fsp3) is 0.333. The Balaban J connectivity index is 2.39. The summed E-state index contributed by atoms with van der Waals surface area (Å²) in [5.74, 6) is 6.14. The van der Waals surface area contributed by atoms with Gasteiger partial charge in [-0.1, -0.05) is 0 Å². The number of nitrogens with zero attached hydrogens (tertiary/aromatic N) is 2. The average Bonchev–Trinajstić information content (AvgIpc) is 2.13. The molecule has 1 heterocycles. The summed E-state index contributed by atoms with van der Waals surface area (Å²) in [5.41, 5.74) is 0. The predicted molar refractivity (Wildman–Crippen MR) is 48.5 cm³/mol. The van der Waals surface area contributed by atoms with Gasteiger partial charge >= 0.3 is 6.08 Å². The molecule has 0 aromatic carbocycles. The van der Waals surface area contributed by atoms with E-state index in [1.54, 1.807) is 13.0 Å². The van der Waals surface area contributed by atoms with Gasteiger partial charge in [0.1, 0.15) is 5.82 Å². The number of aromatic nitrogens is 2. The van der Waals surface area contributed by atoms with Crippen molar-refractivity contribution in [3.05, 3.63) is 18.3 Å². The lowest BCUT2D eigenvalue weighted by atomic mass is 10.4. The highest BCUT2D eigenvalue weighted by atomic mass is 19.1. The van der Waals surface area contributed by atoms with E-state index < -0.39 is 6.08 Å². The third kappa shape index (κ3) is 3.52. The molecule has 0 saturated carbocycles. The number of hydrogen-bond donors (Lipinski definition) is 1. The molecule has 0 amide bonds. The molecule has 0 aliphatic heterocycles. The maximum atomic E-state index is 12.5. The van der Waals surface area contributed by atoms with Crippen molar-refractivity contribution in [2.24, 2.45) is 0 Å². The van der Waals surface area contributed by atoms with Gasteiger partial charge in [0, 0.05) is 19.2 Å². The Morgan fingerprint density at radius 2 is 2.46 bits per heavy atom. The van der Waals surface area contributed by atoms with Crippen LogP contribution in [0, 0.1) is 17.9 Å². The van der Waals surface area contributed by atoms with Crippen LogP contribution in [-0.2, 0) is 0 Å². The zero-order valence-electron chi connectivity index (χ0n) is 7.34. The van der Waals surface area contributed by atoms with E-state index >= 15 is 0 Å². The highest BCUT2D eigenvalue weighted by molar-refractivity contribution is 5.31. The summed E-state index contributed by atoms with van der Waals surface area (Å²) in [7, 11) is 0. The fourth-order valence-electron chi connectivity index (χ4n) is 0.811. The van der Waals surface area contributed by atoms with Crippen LogP contribution in [0.1, 0.15) is 13.3 Å². The van der Waals surface area contributed by atoms with Gasteiger partial charge in [0.15, 0.2) is 0 Å². The number of anilines is 1. The molecule has 13 heavy (non-hydrogen) atoms. The second kappa shape index (κ2) is 5.09. The largest absolute Gasteiger partial charge is 0.369 e.